The van der Waals surface area contributed by atoms with Crippen LogP contribution in [0.25, 0.3) is 11.0 Å². The Hall–Kier alpha value is -3.46. The van der Waals surface area contributed by atoms with E-state index in [1.54, 1.807) is 20.2 Å². The smallest absolute Gasteiger partial charge is 0.253 e. The molecule has 1 fully saturated rings. The topological polar surface area (TPSA) is 75.0 Å². The number of benzene rings is 2. The molecule has 0 unspecified atom stereocenters. The lowest BCUT2D eigenvalue weighted by Gasteiger charge is -2.27. The highest BCUT2D eigenvalue weighted by Gasteiger charge is 2.19. The standard InChI is InChI=1S/C23H23F2N3O4/c1-27(2)23(30)14-7-15(13-26-18-10-16(24)9-17(25)11-18)22-19(8-14)20(29)12-21(32-22)28-3-5-31-6-4-28/h7-12,26H,3-6,13H2,1-2H3. The van der Waals surface area contributed by atoms with Gasteiger partial charge in [0.1, 0.15) is 17.2 Å². The van der Waals surface area contributed by atoms with Crippen molar-refractivity contribution < 1.29 is 22.7 Å². The van der Waals surface area contributed by atoms with Crippen molar-refractivity contribution in [1.82, 2.24) is 4.90 Å². The Balaban J connectivity index is 1.79. The molecule has 9 heteroatoms. The highest BCUT2D eigenvalue weighted by molar-refractivity contribution is 5.98. The van der Waals surface area contributed by atoms with E-state index in [-0.39, 0.29) is 29.0 Å². The van der Waals surface area contributed by atoms with Gasteiger partial charge in [0.2, 0.25) is 0 Å². The van der Waals surface area contributed by atoms with E-state index in [2.05, 4.69) is 5.32 Å². The van der Waals surface area contributed by atoms with Crippen molar-refractivity contribution in [2.45, 2.75) is 6.54 Å². The maximum absolute atomic E-state index is 13.6. The summed E-state index contributed by atoms with van der Waals surface area (Å²) in [6.07, 6.45) is 0. The number of carbonyl (C=O) groups is 1. The molecule has 0 atom stereocenters. The number of morpholine rings is 1. The lowest BCUT2D eigenvalue weighted by Crippen LogP contribution is -2.36. The van der Waals surface area contributed by atoms with Crippen LogP contribution in [0.1, 0.15) is 15.9 Å². The van der Waals surface area contributed by atoms with Gasteiger partial charge in [0.05, 0.1) is 18.6 Å². The minimum atomic E-state index is -0.713. The lowest BCUT2D eigenvalue weighted by molar-refractivity contribution is 0.0827. The fourth-order valence-corrected chi connectivity index (χ4v) is 3.62. The number of fused-ring (bicyclic) bond motifs is 1. The van der Waals surface area contributed by atoms with Gasteiger partial charge in [-0.3, -0.25) is 9.59 Å². The number of hydrogen-bond donors (Lipinski definition) is 1. The number of amides is 1. The molecule has 7 nitrogen and oxygen atoms in total. The van der Waals surface area contributed by atoms with Crippen molar-refractivity contribution in [1.29, 1.82) is 0 Å². The van der Waals surface area contributed by atoms with Crippen LogP contribution in [0.3, 0.4) is 0 Å². The molecule has 4 rings (SSSR count). The molecular formula is C23H23F2N3O4. The zero-order valence-electron chi connectivity index (χ0n) is 17.8. The van der Waals surface area contributed by atoms with Gasteiger partial charge in [-0.25, -0.2) is 8.78 Å². The van der Waals surface area contributed by atoms with E-state index >= 15 is 0 Å². The summed E-state index contributed by atoms with van der Waals surface area (Å²) in [5.41, 5.74) is 1.10. The molecule has 1 N–H and O–H groups in total. The quantitative estimate of drug-likeness (QED) is 0.653. The van der Waals surface area contributed by atoms with Crippen LogP contribution in [-0.2, 0) is 11.3 Å². The first-order chi connectivity index (χ1) is 15.3. The number of ether oxygens (including phenoxy) is 1. The van der Waals surface area contributed by atoms with Crippen molar-refractivity contribution in [3.05, 3.63) is 69.4 Å². The van der Waals surface area contributed by atoms with Crippen LogP contribution >= 0.6 is 0 Å². The fraction of sp³-hybridized carbons (Fsp3) is 0.304. The van der Waals surface area contributed by atoms with E-state index in [0.717, 1.165) is 18.2 Å². The first-order valence-electron chi connectivity index (χ1n) is 10.2. The third kappa shape index (κ3) is 4.57. The van der Waals surface area contributed by atoms with E-state index in [1.165, 1.54) is 17.0 Å². The molecule has 1 amide bonds. The third-order valence-electron chi connectivity index (χ3n) is 5.21. The Labute approximate surface area is 183 Å². The highest BCUT2D eigenvalue weighted by atomic mass is 19.1. The van der Waals surface area contributed by atoms with E-state index in [4.69, 9.17) is 9.15 Å². The first-order valence-corrected chi connectivity index (χ1v) is 10.2. The van der Waals surface area contributed by atoms with Gasteiger partial charge in [0, 0.05) is 62.7 Å². The summed E-state index contributed by atoms with van der Waals surface area (Å²) in [6, 6.07) is 7.66. The van der Waals surface area contributed by atoms with Crippen LogP contribution < -0.4 is 15.6 Å². The molecular weight excluding hydrogens is 420 g/mol. The zero-order valence-corrected chi connectivity index (χ0v) is 17.8. The second-order valence-electron chi connectivity index (χ2n) is 7.77. The number of rotatable bonds is 5. The molecule has 2 heterocycles. The molecule has 168 valence electrons. The van der Waals surface area contributed by atoms with Crippen molar-refractivity contribution in [2.24, 2.45) is 0 Å². The molecule has 0 saturated carbocycles. The monoisotopic (exact) mass is 443 g/mol. The van der Waals surface area contributed by atoms with Gasteiger partial charge >= 0.3 is 0 Å². The van der Waals surface area contributed by atoms with Gasteiger partial charge in [0.25, 0.3) is 5.91 Å². The Bertz CT molecular complexity index is 1200. The Morgan fingerprint density at radius 2 is 1.75 bits per heavy atom. The summed E-state index contributed by atoms with van der Waals surface area (Å²) in [5.74, 6) is -1.29. The second-order valence-corrected chi connectivity index (χ2v) is 7.77. The minimum absolute atomic E-state index is 0.0868. The van der Waals surface area contributed by atoms with Gasteiger partial charge in [-0.2, -0.15) is 0 Å². The van der Waals surface area contributed by atoms with Gasteiger partial charge in [0.15, 0.2) is 11.3 Å². The van der Waals surface area contributed by atoms with E-state index in [0.29, 0.717) is 48.9 Å². The molecule has 0 spiro atoms. The molecule has 0 bridgehead atoms. The first kappa shape index (κ1) is 21.8. The van der Waals surface area contributed by atoms with Crippen molar-refractivity contribution >= 4 is 28.4 Å². The molecule has 2 aromatic carbocycles. The van der Waals surface area contributed by atoms with Gasteiger partial charge in [-0.05, 0) is 24.3 Å². The van der Waals surface area contributed by atoms with Crippen molar-refractivity contribution in [2.75, 3.05) is 50.6 Å². The summed E-state index contributed by atoms with van der Waals surface area (Å²) < 4.78 is 38.6. The van der Waals surface area contributed by atoms with Crippen LogP contribution in [0.4, 0.5) is 20.4 Å². The van der Waals surface area contributed by atoms with E-state index in [1.807, 2.05) is 4.90 Å². The molecule has 1 saturated heterocycles. The number of anilines is 2. The number of hydrogen-bond acceptors (Lipinski definition) is 6. The number of halogens is 2. The SMILES string of the molecule is CN(C)C(=O)c1cc(CNc2cc(F)cc(F)c2)c2oc(N3CCOCC3)cc(=O)c2c1. The van der Waals surface area contributed by atoms with Crippen LogP contribution in [0.15, 0.2) is 45.6 Å². The third-order valence-corrected chi connectivity index (χ3v) is 5.21. The molecule has 0 aliphatic carbocycles. The largest absolute Gasteiger partial charge is 0.440 e. The van der Waals surface area contributed by atoms with Crippen LogP contribution in [0.5, 0.6) is 0 Å². The summed E-state index contributed by atoms with van der Waals surface area (Å²) in [5, 5.41) is 3.21. The zero-order chi connectivity index (χ0) is 22.8. The van der Waals surface area contributed by atoms with Gasteiger partial charge < -0.3 is 24.3 Å². The molecule has 32 heavy (non-hydrogen) atoms. The Morgan fingerprint density at radius 3 is 2.41 bits per heavy atom. The molecule has 1 aromatic heterocycles. The predicted octanol–water partition coefficient (Wildman–Crippen LogP) is 3.22. The lowest BCUT2D eigenvalue weighted by atomic mass is 10.0. The van der Waals surface area contributed by atoms with E-state index < -0.39 is 11.6 Å². The van der Waals surface area contributed by atoms with Crippen molar-refractivity contribution in [3.8, 4) is 0 Å². The molecule has 1 aliphatic rings. The predicted molar refractivity (Wildman–Crippen MR) is 117 cm³/mol. The van der Waals surface area contributed by atoms with Crippen LogP contribution in [0.2, 0.25) is 0 Å². The second kappa shape index (κ2) is 8.96. The summed E-state index contributed by atoms with van der Waals surface area (Å²) in [4.78, 5) is 28.8. The summed E-state index contributed by atoms with van der Waals surface area (Å²) >= 11 is 0. The normalized spacial score (nSPS) is 13.9. The highest BCUT2D eigenvalue weighted by Crippen LogP contribution is 2.26. The van der Waals surface area contributed by atoms with Crippen LogP contribution in [0, 0.1) is 11.6 Å². The number of carbonyl (C=O) groups excluding carboxylic acids is 1. The van der Waals surface area contributed by atoms with Crippen LogP contribution in [-0.4, -0.2) is 51.2 Å². The average molecular weight is 443 g/mol. The maximum atomic E-state index is 13.6. The average Bonchev–Trinajstić information content (AvgIpc) is 2.77. The van der Waals surface area contributed by atoms with E-state index in [9.17, 15) is 18.4 Å². The number of nitrogens with zero attached hydrogens (tertiary/aromatic N) is 2. The van der Waals surface area contributed by atoms with Gasteiger partial charge in [-0.1, -0.05) is 0 Å². The molecule has 1 aliphatic heterocycles. The Morgan fingerprint density at radius 1 is 1.06 bits per heavy atom. The maximum Gasteiger partial charge on any atom is 0.253 e. The van der Waals surface area contributed by atoms with Crippen molar-refractivity contribution in [3.63, 3.8) is 0 Å². The summed E-state index contributed by atoms with van der Waals surface area (Å²) in [7, 11) is 3.23. The number of nitrogens with one attached hydrogen (secondary N) is 1. The Kier molecular flexibility index (Phi) is 6.09. The minimum Gasteiger partial charge on any atom is -0.440 e. The molecule has 0 radical (unpaired) electrons. The summed E-state index contributed by atoms with van der Waals surface area (Å²) in [6.45, 7) is 2.31. The molecule has 3 aromatic rings. The fourth-order valence-electron chi connectivity index (χ4n) is 3.62. The van der Waals surface area contributed by atoms with Gasteiger partial charge in [-0.15, -0.1) is 0 Å².